The number of aryl methyl sites for hydroxylation is 2. The molecule has 23 heavy (non-hydrogen) atoms. The topological polar surface area (TPSA) is 90.0 Å². The first-order valence-corrected chi connectivity index (χ1v) is 7.68. The van der Waals surface area contributed by atoms with Gasteiger partial charge in [-0.3, -0.25) is 14.3 Å². The summed E-state index contributed by atoms with van der Waals surface area (Å²) < 4.78 is 6.71. The van der Waals surface area contributed by atoms with E-state index < -0.39 is 0 Å². The van der Waals surface area contributed by atoms with Crippen LogP contribution in [-0.2, 0) is 24.3 Å². The number of Topliss-reactive ketones (excluding diaryl/α,β-unsaturated/α-hetero) is 1. The molecule has 1 N–H and O–H groups in total. The van der Waals surface area contributed by atoms with Crippen molar-refractivity contribution in [3.05, 3.63) is 34.5 Å². The third-order valence-corrected chi connectivity index (χ3v) is 3.60. The van der Waals surface area contributed by atoms with Crippen LogP contribution in [0.4, 0.5) is 0 Å². The number of aromatic nitrogens is 3. The molecule has 0 aliphatic carbocycles. The molecule has 0 bridgehead atoms. The first kappa shape index (κ1) is 16.9. The van der Waals surface area contributed by atoms with E-state index in [1.54, 1.807) is 18.5 Å². The van der Waals surface area contributed by atoms with Crippen LogP contribution in [0.25, 0.3) is 0 Å². The SMILES string of the molecule is CCCc1cc(CNC(=O)Cn2nc(C)c(C(C)=O)c2C)on1. The van der Waals surface area contributed by atoms with Crippen molar-refractivity contribution in [1.29, 1.82) is 0 Å². The molecule has 0 spiro atoms. The first-order valence-electron chi connectivity index (χ1n) is 7.68. The lowest BCUT2D eigenvalue weighted by atomic mass is 10.1. The molecular weight excluding hydrogens is 296 g/mol. The van der Waals surface area contributed by atoms with Crippen LogP contribution in [0.5, 0.6) is 0 Å². The Labute approximate surface area is 135 Å². The quantitative estimate of drug-likeness (QED) is 0.788. The number of amides is 1. The summed E-state index contributed by atoms with van der Waals surface area (Å²) in [4.78, 5) is 23.6. The second kappa shape index (κ2) is 7.21. The molecule has 7 nitrogen and oxygen atoms in total. The maximum atomic E-state index is 12.0. The number of ketones is 1. The second-order valence-corrected chi connectivity index (χ2v) is 5.57. The number of rotatable bonds is 7. The fourth-order valence-corrected chi connectivity index (χ4v) is 2.55. The standard InChI is InChI=1S/C16H22N4O3/c1-5-6-13-7-14(23-19-13)8-17-15(22)9-20-11(3)16(12(4)21)10(2)18-20/h7H,5-6,8-9H2,1-4H3,(H,17,22). The Balaban J connectivity index is 1.94. The number of carbonyl (C=O) groups is 2. The van der Waals surface area contributed by atoms with E-state index >= 15 is 0 Å². The largest absolute Gasteiger partial charge is 0.359 e. The van der Waals surface area contributed by atoms with Gasteiger partial charge in [0, 0.05) is 11.8 Å². The highest BCUT2D eigenvalue weighted by molar-refractivity contribution is 5.96. The maximum Gasteiger partial charge on any atom is 0.242 e. The third-order valence-electron chi connectivity index (χ3n) is 3.60. The zero-order valence-corrected chi connectivity index (χ0v) is 14.0. The van der Waals surface area contributed by atoms with Crippen LogP contribution in [0, 0.1) is 13.8 Å². The van der Waals surface area contributed by atoms with E-state index in [4.69, 9.17) is 4.52 Å². The summed E-state index contributed by atoms with van der Waals surface area (Å²) in [5, 5.41) is 11.0. The van der Waals surface area contributed by atoms with E-state index in [0.717, 1.165) is 18.5 Å². The Morgan fingerprint density at radius 2 is 2.09 bits per heavy atom. The molecule has 0 radical (unpaired) electrons. The van der Waals surface area contributed by atoms with Gasteiger partial charge in [0.1, 0.15) is 6.54 Å². The van der Waals surface area contributed by atoms with Crippen molar-refractivity contribution in [3.63, 3.8) is 0 Å². The minimum atomic E-state index is -0.195. The second-order valence-electron chi connectivity index (χ2n) is 5.57. The van der Waals surface area contributed by atoms with E-state index in [2.05, 4.69) is 22.5 Å². The van der Waals surface area contributed by atoms with Crippen molar-refractivity contribution >= 4 is 11.7 Å². The third kappa shape index (κ3) is 4.06. The van der Waals surface area contributed by atoms with Crippen LogP contribution in [-0.4, -0.2) is 26.6 Å². The lowest BCUT2D eigenvalue weighted by Gasteiger charge is -2.05. The zero-order valence-electron chi connectivity index (χ0n) is 14.0. The Kier molecular flexibility index (Phi) is 5.31. The molecule has 0 aliphatic rings. The maximum absolute atomic E-state index is 12.0. The molecule has 0 aromatic carbocycles. The van der Waals surface area contributed by atoms with Gasteiger partial charge in [-0.25, -0.2) is 0 Å². The summed E-state index contributed by atoms with van der Waals surface area (Å²) in [6.45, 7) is 7.47. The van der Waals surface area contributed by atoms with Crippen molar-refractivity contribution < 1.29 is 14.1 Å². The molecule has 7 heteroatoms. The van der Waals surface area contributed by atoms with Gasteiger partial charge in [-0.05, 0) is 27.2 Å². The highest BCUT2D eigenvalue weighted by Crippen LogP contribution is 2.13. The van der Waals surface area contributed by atoms with Gasteiger partial charge in [-0.15, -0.1) is 0 Å². The lowest BCUT2D eigenvalue weighted by molar-refractivity contribution is -0.122. The molecule has 1 amide bonds. The highest BCUT2D eigenvalue weighted by Gasteiger charge is 2.17. The van der Waals surface area contributed by atoms with Gasteiger partial charge in [0.15, 0.2) is 11.5 Å². The average molecular weight is 318 g/mol. The van der Waals surface area contributed by atoms with Gasteiger partial charge in [0.2, 0.25) is 5.91 Å². The molecule has 0 fully saturated rings. The molecule has 2 heterocycles. The van der Waals surface area contributed by atoms with Gasteiger partial charge in [-0.2, -0.15) is 5.10 Å². The minimum Gasteiger partial charge on any atom is -0.359 e. The molecular formula is C16H22N4O3. The van der Waals surface area contributed by atoms with Gasteiger partial charge in [-0.1, -0.05) is 18.5 Å². The normalized spacial score (nSPS) is 10.8. The number of hydrogen-bond donors (Lipinski definition) is 1. The predicted molar refractivity (Wildman–Crippen MR) is 84.1 cm³/mol. The van der Waals surface area contributed by atoms with Crippen LogP contribution >= 0.6 is 0 Å². The van der Waals surface area contributed by atoms with E-state index in [0.29, 0.717) is 22.7 Å². The fourth-order valence-electron chi connectivity index (χ4n) is 2.55. The summed E-state index contributed by atoms with van der Waals surface area (Å²) >= 11 is 0. The average Bonchev–Trinajstić information content (AvgIpc) is 3.02. The predicted octanol–water partition coefficient (Wildman–Crippen LogP) is 1.96. The van der Waals surface area contributed by atoms with Crippen molar-refractivity contribution in [2.75, 3.05) is 0 Å². The summed E-state index contributed by atoms with van der Waals surface area (Å²) in [6.07, 6.45) is 1.85. The van der Waals surface area contributed by atoms with Crippen molar-refractivity contribution in [3.8, 4) is 0 Å². The zero-order chi connectivity index (χ0) is 17.0. The minimum absolute atomic E-state index is 0.0447. The van der Waals surface area contributed by atoms with Crippen molar-refractivity contribution in [1.82, 2.24) is 20.3 Å². The summed E-state index contributed by atoms with van der Waals surface area (Å²) in [7, 11) is 0. The summed E-state index contributed by atoms with van der Waals surface area (Å²) in [5.41, 5.74) is 2.82. The monoisotopic (exact) mass is 318 g/mol. The molecule has 0 saturated heterocycles. The molecule has 0 unspecified atom stereocenters. The van der Waals surface area contributed by atoms with E-state index in [1.165, 1.54) is 6.92 Å². The van der Waals surface area contributed by atoms with Crippen molar-refractivity contribution in [2.45, 2.75) is 53.6 Å². The van der Waals surface area contributed by atoms with Crippen molar-refractivity contribution in [2.24, 2.45) is 0 Å². The first-order chi connectivity index (χ1) is 10.9. The number of carbonyl (C=O) groups excluding carboxylic acids is 2. The summed E-state index contributed by atoms with van der Waals surface area (Å²) in [5.74, 6) is 0.385. The summed E-state index contributed by atoms with van der Waals surface area (Å²) in [6, 6.07) is 1.85. The van der Waals surface area contributed by atoms with Crippen LogP contribution in [0.2, 0.25) is 0 Å². The van der Waals surface area contributed by atoms with E-state index in [1.807, 2.05) is 6.07 Å². The van der Waals surface area contributed by atoms with Crippen LogP contribution in [0.15, 0.2) is 10.6 Å². The Hall–Kier alpha value is -2.44. The number of nitrogens with one attached hydrogen (secondary N) is 1. The van der Waals surface area contributed by atoms with Gasteiger partial charge >= 0.3 is 0 Å². The molecule has 0 saturated carbocycles. The molecule has 0 atom stereocenters. The lowest BCUT2D eigenvalue weighted by Crippen LogP contribution is -2.27. The fraction of sp³-hybridized carbons (Fsp3) is 0.500. The van der Waals surface area contributed by atoms with Gasteiger partial charge < -0.3 is 9.84 Å². The van der Waals surface area contributed by atoms with Gasteiger partial charge in [0.25, 0.3) is 0 Å². The smallest absolute Gasteiger partial charge is 0.242 e. The van der Waals surface area contributed by atoms with Crippen LogP contribution < -0.4 is 5.32 Å². The highest BCUT2D eigenvalue weighted by atomic mass is 16.5. The molecule has 0 aliphatic heterocycles. The Bertz CT molecular complexity index is 715. The van der Waals surface area contributed by atoms with Crippen LogP contribution in [0.3, 0.4) is 0 Å². The Morgan fingerprint density at radius 3 is 2.70 bits per heavy atom. The van der Waals surface area contributed by atoms with E-state index in [9.17, 15) is 9.59 Å². The molecule has 2 aromatic rings. The molecule has 2 rings (SSSR count). The molecule has 2 aromatic heterocycles. The number of nitrogens with zero attached hydrogens (tertiary/aromatic N) is 3. The van der Waals surface area contributed by atoms with Crippen LogP contribution in [0.1, 0.15) is 53.5 Å². The Morgan fingerprint density at radius 1 is 1.35 bits per heavy atom. The molecule has 124 valence electrons. The number of hydrogen-bond acceptors (Lipinski definition) is 5. The van der Waals surface area contributed by atoms with Gasteiger partial charge in [0.05, 0.1) is 23.5 Å². The van der Waals surface area contributed by atoms with E-state index in [-0.39, 0.29) is 24.8 Å².